The van der Waals surface area contributed by atoms with Crippen LogP contribution in [-0.4, -0.2) is 19.9 Å². The minimum atomic E-state index is 0. The fourth-order valence-electron chi connectivity index (χ4n) is 9.20. The molecule has 0 saturated heterocycles. The number of aromatic nitrogens is 4. The van der Waals surface area contributed by atoms with Crippen molar-refractivity contribution in [3.63, 3.8) is 0 Å². The third kappa shape index (κ3) is 18.7. The smallest absolute Gasteiger partial charge is 0.0344 e. The summed E-state index contributed by atoms with van der Waals surface area (Å²) in [5, 5.41) is 0. The molecule has 0 amide bonds. The van der Waals surface area contributed by atoms with E-state index in [0.29, 0.717) is 0 Å². The normalized spacial score (nSPS) is 9.95. The van der Waals surface area contributed by atoms with Crippen LogP contribution in [0.1, 0.15) is 40.4 Å². The molecular formula is C75H62Ir4N4-4. The molecule has 0 aliphatic heterocycles. The molecule has 83 heavy (non-hydrogen) atoms. The Morgan fingerprint density at radius 2 is 0.783 bits per heavy atom. The molecule has 0 spiro atoms. The van der Waals surface area contributed by atoms with E-state index in [1.165, 1.54) is 66.8 Å². The number of nitrogens with zero attached hydrogens (tertiary/aromatic N) is 4. The Bertz CT molecular complexity index is 3860. The van der Waals surface area contributed by atoms with Crippen LogP contribution in [0.25, 0.3) is 89.5 Å². The molecule has 0 aliphatic carbocycles. The van der Waals surface area contributed by atoms with Crippen molar-refractivity contribution >= 4 is 0 Å². The minimum absolute atomic E-state index is 0. The summed E-state index contributed by atoms with van der Waals surface area (Å²) < 4.78 is 0. The molecule has 4 aromatic heterocycles. The first-order chi connectivity index (χ1) is 38.7. The van der Waals surface area contributed by atoms with Gasteiger partial charge in [0.1, 0.15) is 0 Å². The maximum absolute atomic E-state index is 4.69. The molecule has 12 aromatic rings. The number of hydrogen-bond acceptors (Lipinski definition) is 4. The molecule has 4 heterocycles. The van der Waals surface area contributed by atoms with Crippen LogP contribution >= 0.6 is 0 Å². The van der Waals surface area contributed by atoms with Crippen molar-refractivity contribution in [3.05, 3.63) is 313 Å². The van der Waals surface area contributed by atoms with Gasteiger partial charge in [-0.25, -0.2) is 0 Å². The molecular weight excluding hydrogens is 1730 g/mol. The fraction of sp³-hybridized carbons (Fsp3) is 0.0933. The van der Waals surface area contributed by atoms with Gasteiger partial charge in [0.05, 0.1) is 0 Å². The third-order valence-corrected chi connectivity index (χ3v) is 13.4. The van der Waals surface area contributed by atoms with Crippen LogP contribution in [-0.2, 0) is 86.8 Å². The van der Waals surface area contributed by atoms with Gasteiger partial charge >= 0.3 is 0 Å². The Labute approximate surface area is 545 Å². The van der Waals surface area contributed by atoms with Gasteiger partial charge in [-0.05, 0) is 95.8 Å². The molecule has 0 atom stereocenters. The Hall–Kier alpha value is -7.04. The summed E-state index contributed by atoms with van der Waals surface area (Å²) in [5.41, 5.74) is 25.0. The number of hydrogen-bond donors (Lipinski definition) is 0. The maximum Gasteiger partial charge on any atom is 0.0344 e. The van der Waals surface area contributed by atoms with Crippen LogP contribution in [0, 0.1) is 58.9 Å². The Morgan fingerprint density at radius 1 is 0.313 bits per heavy atom. The molecule has 4 nitrogen and oxygen atoms in total. The molecule has 0 aliphatic rings. The Kier molecular flexibility index (Phi) is 27.3. The van der Waals surface area contributed by atoms with Crippen LogP contribution in [0.15, 0.2) is 255 Å². The molecule has 0 N–H and O–H groups in total. The zero-order chi connectivity index (χ0) is 54.8. The van der Waals surface area contributed by atoms with Gasteiger partial charge in [0.25, 0.3) is 0 Å². The van der Waals surface area contributed by atoms with Crippen molar-refractivity contribution in [1.29, 1.82) is 0 Å². The molecule has 4 radical (unpaired) electrons. The van der Waals surface area contributed by atoms with E-state index in [9.17, 15) is 0 Å². The molecule has 422 valence electrons. The van der Waals surface area contributed by atoms with Crippen molar-refractivity contribution in [2.75, 3.05) is 0 Å². The predicted molar refractivity (Wildman–Crippen MR) is 329 cm³/mol. The molecule has 0 bridgehead atoms. The van der Waals surface area contributed by atoms with Crippen molar-refractivity contribution < 1.29 is 80.4 Å². The molecule has 0 saturated carbocycles. The summed E-state index contributed by atoms with van der Waals surface area (Å²) in [7, 11) is 0. The average molecular weight is 1790 g/mol. The van der Waals surface area contributed by atoms with E-state index < -0.39 is 0 Å². The zero-order valence-electron chi connectivity index (χ0n) is 47.1. The topological polar surface area (TPSA) is 51.6 Å². The van der Waals surface area contributed by atoms with Gasteiger partial charge in [0.2, 0.25) is 0 Å². The van der Waals surface area contributed by atoms with Gasteiger partial charge in [-0.1, -0.05) is 171 Å². The quantitative estimate of drug-likeness (QED) is 0.135. The Morgan fingerprint density at radius 3 is 1.30 bits per heavy atom. The van der Waals surface area contributed by atoms with Gasteiger partial charge in [0.15, 0.2) is 0 Å². The van der Waals surface area contributed by atoms with Gasteiger partial charge in [0, 0.05) is 121 Å². The first-order valence-corrected chi connectivity index (χ1v) is 26.7. The Balaban J connectivity index is 0.000000200. The minimum Gasteiger partial charge on any atom is -0.304 e. The first kappa shape index (κ1) is 66.8. The standard InChI is InChI=1S/C20H18N.C19H16N.2C18H14N.4Ir/c1-14-6-4-8-17(10-14)19-13-21-20(12-16(19)3)18-9-5-7-15(2)11-18;1-2-15-13-19(17-11-7-4-8-12-17)20-14-18(15)16-9-5-3-6-10-16;1-14-17(15-8-4-2-5-9-15)12-13-18(19-14)16-10-6-3-7-11-16;1-14-6-5-9-16(12-14)17-10-11-18(19-13-17)15-7-3-2-4-8-15;;;;/h4-8,10-13H,1-3H3;3-11,13-14H,2H2,1H3;2-10,12-13H,1H3;2-7,9-13H,1H3;;;;/q4*-1;;;;. The summed E-state index contributed by atoms with van der Waals surface area (Å²) in [6.07, 6.45) is 6.86. The second kappa shape index (κ2) is 33.9. The SMILES string of the molecule is CCc1cc(-c2[c-]cccc2)ncc1-c1ccccc1.Cc1cc[c-]c(-c2cc(C)c(-c3cccc(C)c3)cn2)c1.Cc1cccc(-c2ccc(-c3[c-]cccc3)nc2)c1.Cc1nc(-c2[c-]cccc2)ccc1-c1ccccc1.[Ir].[Ir].[Ir].[Ir]. The largest absolute Gasteiger partial charge is 0.304 e. The van der Waals surface area contributed by atoms with Crippen LogP contribution in [0.4, 0.5) is 0 Å². The van der Waals surface area contributed by atoms with Crippen molar-refractivity contribution in [2.24, 2.45) is 0 Å². The summed E-state index contributed by atoms with van der Waals surface area (Å²) in [6, 6.07) is 93.2. The maximum atomic E-state index is 4.69. The summed E-state index contributed by atoms with van der Waals surface area (Å²) in [4.78, 5) is 18.4. The molecule has 0 fully saturated rings. The van der Waals surface area contributed by atoms with Gasteiger partial charge in [-0.15, -0.1) is 143 Å². The number of aryl methyl sites for hydroxylation is 6. The summed E-state index contributed by atoms with van der Waals surface area (Å²) in [6.45, 7) is 12.7. The predicted octanol–water partition coefficient (Wildman–Crippen LogP) is 19.0. The van der Waals surface area contributed by atoms with Gasteiger partial charge in [-0.2, -0.15) is 0 Å². The average Bonchev–Trinajstić information content (AvgIpc) is 3.51. The van der Waals surface area contributed by atoms with E-state index >= 15 is 0 Å². The second-order valence-corrected chi connectivity index (χ2v) is 19.3. The third-order valence-electron chi connectivity index (χ3n) is 13.4. The van der Waals surface area contributed by atoms with E-state index in [2.05, 4.69) is 213 Å². The van der Waals surface area contributed by atoms with E-state index in [1.54, 1.807) is 0 Å². The number of pyridine rings is 4. The molecule has 8 heteroatoms. The molecule has 8 aromatic carbocycles. The van der Waals surface area contributed by atoms with Gasteiger partial charge in [-0.3, -0.25) is 0 Å². The van der Waals surface area contributed by atoms with E-state index in [-0.39, 0.29) is 80.4 Å². The van der Waals surface area contributed by atoms with Crippen molar-refractivity contribution in [2.45, 2.75) is 48.0 Å². The number of benzene rings is 8. The van der Waals surface area contributed by atoms with E-state index in [1.807, 2.05) is 128 Å². The summed E-state index contributed by atoms with van der Waals surface area (Å²) in [5.74, 6) is 0. The van der Waals surface area contributed by atoms with Crippen LogP contribution in [0.3, 0.4) is 0 Å². The number of rotatable bonds is 9. The van der Waals surface area contributed by atoms with Crippen LogP contribution in [0.2, 0.25) is 0 Å². The summed E-state index contributed by atoms with van der Waals surface area (Å²) >= 11 is 0. The van der Waals surface area contributed by atoms with Gasteiger partial charge < -0.3 is 19.9 Å². The monoisotopic (exact) mass is 1790 g/mol. The van der Waals surface area contributed by atoms with Crippen LogP contribution < -0.4 is 0 Å². The van der Waals surface area contributed by atoms with E-state index in [0.717, 1.165) is 62.7 Å². The van der Waals surface area contributed by atoms with Crippen molar-refractivity contribution in [3.8, 4) is 89.5 Å². The van der Waals surface area contributed by atoms with Crippen molar-refractivity contribution in [1.82, 2.24) is 19.9 Å². The fourth-order valence-corrected chi connectivity index (χ4v) is 9.20. The molecule has 0 unspecified atom stereocenters. The van der Waals surface area contributed by atoms with E-state index in [4.69, 9.17) is 0 Å². The zero-order valence-corrected chi connectivity index (χ0v) is 56.7. The van der Waals surface area contributed by atoms with Crippen LogP contribution in [0.5, 0.6) is 0 Å². The second-order valence-electron chi connectivity index (χ2n) is 19.3. The first-order valence-electron chi connectivity index (χ1n) is 26.7. The molecule has 12 rings (SSSR count).